The van der Waals surface area contributed by atoms with Crippen LogP contribution in [0.2, 0.25) is 0 Å². The van der Waals surface area contributed by atoms with Gasteiger partial charge in [0, 0.05) is 4.90 Å². The van der Waals surface area contributed by atoms with Crippen molar-refractivity contribution in [3.8, 4) is 0 Å². The first kappa shape index (κ1) is 13.8. The Labute approximate surface area is 124 Å². The molecule has 1 aliphatic rings. The normalized spacial score (nSPS) is 19.8. The molecule has 2 aromatic carbocycles. The van der Waals surface area contributed by atoms with Gasteiger partial charge in [-0.2, -0.15) is 0 Å². The number of thioether (sulfide) groups is 1. The summed E-state index contributed by atoms with van der Waals surface area (Å²) in [6, 6.07) is 11.1. The molecule has 1 unspecified atom stereocenters. The summed E-state index contributed by atoms with van der Waals surface area (Å²) in [5.41, 5.74) is 2.55. The predicted molar refractivity (Wildman–Crippen MR) is 87.8 cm³/mol. The zero-order valence-corrected chi connectivity index (χ0v) is 12.5. The van der Waals surface area contributed by atoms with E-state index < -0.39 is 16.2 Å². The Morgan fingerprint density at radius 1 is 1.00 bits per heavy atom. The van der Waals surface area contributed by atoms with Crippen LogP contribution in [0.5, 0.6) is 0 Å². The first-order valence-corrected chi connectivity index (χ1v) is 7.50. The van der Waals surface area contributed by atoms with Crippen LogP contribution < -0.4 is 0 Å². The molecule has 1 atom stereocenters. The van der Waals surface area contributed by atoms with E-state index in [9.17, 15) is 8.78 Å². The lowest BCUT2D eigenvalue weighted by atomic mass is 9.61. The van der Waals surface area contributed by atoms with Crippen LogP contribution in [-0.4, -0.2) is 23.5 Å². The quantitative estimate of drug-likeness (QED) is 0.654. The number of hydrogen-bond donors (Lipinski definition) is 0. The summed E-state index contributed by atoms with van der Waals surface area (Å²) < 4.78 is 27.5. The highest BCUT2D eigenvalue weighted by atomic mass is 32.2. The average Bonchev–Trinajstić information content (AvgIpc) is 2.48. The maximum atomic E-state index is 14.4. The minimum Gasteiger partial charge on any atom is -0.204 e. The van der Waals surface area contributed by atoms with Crippen molar-refractivity contribution in [1.82, 2.24) is 0 Å². The molecule has 0 spiro atoms. The third kappa shape index (κ3) is 2.01. The molecular weight excluding hydrogens is 271 g/mol. The van der Waals surface area contributed by atoms with Crippen molar-refractivity contribution in [3.05, 3.63) is 64.7 Å². The van der Waals surface area contributed by atoms with Crippen LogP contribution >= 0.6 is 11.8 Å². The summed E-state index contributed by atoms with van der Waals surface area (Å²) in [6.45, 7) is 0. The number of rotatable bonds is 0. The van der Waals surface area contributed by atoms with Crippen molar-refractivity contribution in [1.29, 1.82) is 0 Å². The predicted octanol–water partition coefficient (Wildman–Crippen LogP) is 1.17. The average molecular weight is 284 g/mol. The largest absolute Gasteiger partial charge is 0.204 e. The lowest BCUT2D eigenvalue weighted by Crippen LogP contribution is -2.26. The van der Waals surface area contributed by atoms with E-state index >= 15 is 0 Å². The molecule has 0 amide bonds. The second kappa shape index (κ2) is 4.69. The molecule has 0 saturated heterocycles. The van der Waals surface area contributed by atoms with Gasteiger partial charge in [-0.1, -0.05) is 24.3 Å². The molecule has 0 bridgehead atoms. The minimum absolute atomic E-state index is 0.0607. The van der Waals surface area contributed by atoms with E-state index in [0.29, 0.717) is 5.56 Å². The van der Waals surface area contributed by atoms with Crippen molar-refractivity contribution >= 4 is 35.3 Å². The Bertz CT molecular complexity index is 688. The molecule has 20 heavy (non-hydrogen) atoms. The Morgan fingerprint density at radius 2 is 1.70 bits per heavy atom. The van der Waals surface area contributed by atoms with Gasteiger partial charge in [0.15, 0.2) is 11.6 Å². The molecule has 0 aliphatic carbocycles. The first-order valence-electron chi connectivity index (χ1n) is 6.68. The second-order valence-corrected chi connectivity index (χ2v) is 7.36. The molecule has 0 nitrogen and oxygen atoms in total. The molecule has 1 heterocycles. The third-order valence-electron chi connectivity index (χ3n) is 3.95. The molecule has 0 fully saturated rings. The Morgan fingerprint density at radius 3 is 2.45 bits per heavy atom. The van der Waals surface area contributed by atoms with Crippen LogP contribution in [0.4, 0.5) is 8.78 Å². The fraction of sp³-hybridized carbons (Fsp3) is 0.143. The van der Waals surface area contributed by atoms with Crippen LogP contribution in [0, 0.1) is 11.6 Å². The fourth-order valence-corrected chi connectivity index (χ4v) is 4.33. The van der Waals surface area contributed by atoms with Gasteiger partial charge in [0.1, 0.15) is 23.5 Å². The van der Waals surface area contributed by atoms with E-state index in [1.165, 1.54) is 11.6 Å². The highest BCUT2D eigenvalue weighted by Crippen LogP contribution is 2.47. The van der Waals surface area contributed by atoms with Crippen molar-refractivity contribution in [2.45, 2.75) is 15.3 Å². The Kier molecular flexibility index (Phi) is 3.24. The fourth-order valence-electron chi connectivity index (χ4n) is 2.96. The van der Waals surface area contributed by atoms with Crippen LogP contribution in [0.25, 0.3) is 0 Å². The van der Waals surface area contributed by atoms with E-state index in [2.05, 4.69) is 20.0 Å². The van der Waals surface area contributed by atoms with Crippen molar-refractivity contribution in [2.24, 2.45) is 0 Å². The highest BCUT2D eigenvalue weighted by Gasteiger charge is 2.35. The van der Waals surface area contributed by atoms with Gasteiger partial charge in [0.2, 0.25) is 0 Å². The second-order valence-electron chi connectivity index (χ2n) is 5.70. The molecule has 1 aliphatic heterocycles. The van der Waals surface area contributed by atoms with Crippen molar-refractivity contribution in [2.75, 3.05) is 0 Å². The Hall–Kier alpha value is -1.16. The van der Waals surface area contributed by atoms with Crippen LogP contribution in [0.15, 0.2) is 41.3 Å². The van der Waals surface area contributed by atoms with Gasteiger partial charge >= 0.3 is 0 Å². The molecule has 6 heteroatoms. The standard InChI is InChI=1S/C14H13B3F2S/c15-12-7-3-1-2-4-10(7)20-14(16,17)11-8(12)5-6-9(18)13(11)19/h1-6,12H,15-17H2. The van der Waals surface area contributed by atoms with Gasteiger partial charge in [-0.25, -0.2) is 8.78 Å². The van der Waals surface area contributed by atoms with Crippen molar-refractivity contribution < 1.29 is 8.78 Å². The Balaban J connectivity index is 2.33. The van der Waals surface area contributed by atoms with E-state index in [0.717, 1.165) is 10.5 Å². The summed E-state index contributed by atoms with van der Waals surface area (Å²) in [5, 5.41) is 0. The van der Waals surface area contributed by atoms with Gasteiger partial charge in [-0.05, 0) is 39.2 Å². The minimum atomic E-state index is -0.768. The van der Waals surface area contributed by atoms with E-state index in [4.69, 9.17) is 0 Å². The molecule has 0 aromatic heterocycles. The SMILES string of the molecule is BC1c2ccccc2SC(B)(B)c2c1ccc(F)c2F. The summed E-state index contributed by atoms with van der Waals surface area (Å²) in [4.78, 5) is 1.14. The van der Waals surface area contributed by atoms with Crippen molar-refractivity contribution in [3.63, 3.8) is 0 Å². The first-order chi connectivity index (χ1) is 9.42. The molecule has 0 radical (unpaired) electrons. The maximum absolute atomic E-state index is 14.4. The number of hydrogen-bond acceptors (Lipinski definition) is 1. The van der Waals surface area contributed by atoms with E-state index in [-0.39, 0.29) is 5.82 Å². The molecule has 0 N–H and O–H groups in total. The maximum Gasteiger partial charge on any atom is 0.162 e. The summed E-state index contributed by atoms with van der Waals surface area (Å²) in [6.07, 6.45) is 0. The lowest BCUT2D eigenvalue weighted by molar-refractivity contribution is 0.498. The molecular formula is C14H13B3F2S. The van der Waals surface area contributed by atoms with Gasteiger partial charge in [-0.3, -0.25) is 0 Å². The van der Waals surface area contributed by atoms with Crippen LogP contribution in [0.3, 0.4) is 0 Å². The van der Waals surface area contributed by atoms with Crippen LogP contribution in [0.1, 0.15) is 22.5 Å². The van der Waals surface area contributed by atoms with Gasteiger partial charge in [-0.15, -0.1) is 11.8 Å². The van der Waals surface area contributed by atoms with Gasteiger partial charge in [0.25, 0.3) is 0 Å². The monoisotopic (exact) mass is 284 g/mol. The highest BCUT2D eigenvalue weighted by molar-refractivity contribution is 8.02. The zero-order chi connectivity index (χ0) is 14.5. The topological polar surface area (TPSA) is 0 Å². The molecule has 2 aromatic rings. The molecule has 0 saturated carbocycles. The summed E-state index contributed by atoms with van der Waals surface area (Å²) >= 11 is 1.60. The summed E-state index contributed by atoms with van der Waals surface area (Å²) in [5.74, 6) is -1.42. The number of fused-ring (bicyclic) bond motifs is 2. The summed E-state index contributed by atoms with van der Waals surface area (Å²) in [7, 11) is 5.96. The van der Waals surface area contributed by atoms with Gasteiger partial charge in [0.05, 0.1) is 0 Å². The molecule has 3 rings (SSSR count). The lowest BCUT2D eigenvalue weighted by Gasteiger charge is -2.26. The van der Waals surface area contributed by atoms with E-state index in [1.54, 1.807) is 17.8 Å². The zero-order valence-electron chi connectivity index (χ0n) is 11.7. The number of halogens is 2. The smallest absolute Gasteiger partial charge is 0.162 e. The van der Waals surface area contributed by atoms with E-state index in [1.807, 2.05) is 27.8 Å². The van der Waals surface area contributed by atoms with Gasteiger partial charge < -0.3 is 0 Å². The third-order valence-corrected chi connectivity index (χ3v) is 5.25. The molecule has 98 valence electrons. The number of benzene rings is 2. The van der Waals surface area contributed by atoms with Crippen LogP contribution in [-0.2, 0) is 4.55 Å².